The molecule has 90 valence electrons. The molecule has 0 aliphatic heterocycles. The summed E-state index contributed by atoms with van der Waals surface area (Å²) >= 11 is 0. The fourth-order valence-corrected chi connectivity index (χ4v) is 2.49. The number of benzene rings is 3. The van der Waals surface area contributed by atoms with Gasteiger partial charge in [0, 0.05) is 26.5 Å². The van der Waals surface area contributed by atoms with Gasteiger partial charge in [-0.05, 0) is 22.2 Å². The quantitative estimate of drug-likeness (QED) is 0.436. The van der Waals surface area contributed by atoms with Crippen LogP contribution in [0, 0.1) is 0 Å². The Kier molecular flexibility index (Phi) is 2.68. The molecule has 2 nitrogen and oxygen atoms in total. The largest absolute Gasteiger partial charge is 0.345 e. The first-order valence-electron chi connectivity index (χ1n) is 5.67. The molecule has 0 saturated carbocycles. The van der Waals surface area contributed by atoms with E-state index in [1.54, 1.807) is 6.33 Å². The Morgan fingerprint density at radius 3 is 2.56 bits per heavy atom. The molecule has 4 rings (SSSR count). The molecule has 4 aromatic rings. The summed E-state index contributed by atoms with van der Waals surface area (Å²) < 4.78 is 0. The SMILES string of the molecule is [Pt].c1ccc2c(c1)ccc1c2ccc2[nH]cnc21. The van der Waals surface area contributed by atoms with Crippen LogP contribution in [-0.2, 0) is 21.1 Å². The van der Waals surface area contributed by atoms with Gasteiger partial charge in [0.1, 0.15) is 0 Å². The molecule has 1 heterocycles. The average Bonchev–Trinajstić information content (AvgIpc) is 2.86. The normalized spacial score (nSPS) is 10.9. The topological polar surface area (TPSA) is 28.7 Å². The van der Waals surface area contributed by atoms with E-state index < -0.39 is 0 Å². The minimum absolute atomic E-state index is 0. The van der Waals surface area contributed by atoms with Crippen molar-refractivity contribution in [2.24, 2.45) is 0 Å². The van der Waals surface area contributed by atoms with Crippen molar-refractivity contribution >= 4 is 32.6 Å². The molecule has 0 amide bonds. The Morgan fingerprint density at radius 2 is 1.61 bits per heavy atom. The predicted molar refractivity (Wildman–Crippen MR) is 71.1 cm³/mol. The summed E-state index contributed by atoms with van der Waals surface area (Å²) in [6.07, 6.45) is 1.75. The number of aromatic amines is 1. The van der Waals surface area contributed by atoms with E-state index >= 15 is 0 Å². The van der Waals surface area contributed by atoms with Crippen LogP contribution >= 0.6 is 0 Å². The third-order valence-electron chi connectivity index (χ3n) is 3.31. The summed E-state index contributed by atoms with van der Waals surface area (Å²) in [7, 11) is 0. The molecular formula is C15H10N2Pt. The first-order valence-corrected chi connectivity index (χ1v) is 5.67. The van der Waals surface area contributed by atoms with Crippen LogP contribution in [0.2, 0.25) is 0 Å². The Hall–Kier alpha value is -1.66. The van der Waals surface area contributed by atoms with Crippen molar-refractivity contribution < 1.29 is 21.1 Å². The number of fused-ring (bicyclic) bond motifs is 5. The fourth-order valence-electron chi connectivity index (χ4n) is 2.49. The van der Waals surface area contributed by atoms with Gasteiger partial charge in [-0.25, -0.2) is 4.98 Å². The maximum atomic E-state index is 4.40. The van der Waals surface area contributed by atoms with Crippen molar-refractivity contribution in [2.45, 2.75) is 0 Å². The number of nitrogens with zero attached hydrogens (tertiary/aromatic N) is 1. The Bertz CT molecular complexity index is 849. The van der Waals surface area contributed by atoms with Gasteiger partial charge in [-0.2, -0.15) is 0 Å². The molecule has 1 aromatic heterocycles. The van der Waals surface area contributed by atoms with E-state index in [-0.39, 0.29) is 21.1 Å². The van der Waals surface area contributed by atoms with Crippen LogP contribution < -0.4 is 0 Å². The Balaban J connectivity index is 0.000001000. The number of imidazole rings is 1. The van der Waals surface area contributed by atoms with Gasteiger partial charge in [0.15, 0.2) is 0 Å². The second-order valence-electron chi connectivity index (χ2n) is 4.25. The summed E-state index contributed by atoms with van der Waals surface area (Å²) in [4.78, 5) is 7.55. The van der Waals surface area contributed by atoms with Gasteiger partial charge < -0.3 is 4.98 Å². The van der Waals surface area contributed by atoms with Gasteiger partial charge in [0.2, 0.25) is 0 Å². The number of H-pyrrole nitrogens is 1. The van der Waals surface area contributed by atoms with Gasteiger partial charge in [0.25, 0.3) is 0 Å². The van der Waals surface area contributed by atoms with E-state index in [1.807, 2.05) is 0 Å². The van der Waals surface area contributed by atoms with Crippen molar-refractivity contribution in [3.63, 3.8) is 0 Å². The van der Waals surface area contributed by atoms with E-state index in [1.165, 1.54) is 21.5 Å². The monoisotopic (exact) mass is 413 g/mol. The maximum absolute atomic E-state index is 4.40. The molecule has 0 radical (unpaired) electrons. The molecule has 0 saturated heterocycles. The van der Waals surface area contributed by atoms with Gasteiger partial charge in [-0.15, -0.1) is 0 Å². The van der Waals surface area contributed by atoms with Crippen LogP contribution in [-0.4, -0.2) is 9.97 Å². The van der Waals surface area contributed by atoms with Crippen molar-refractivity contribution in [3.05, 3.63) is 54.9 Å². The second kappa shape index (κ2) is 4.22. The maximum Gasteiger partial charge on any atom is 0.0961 e. The summed E-state index contributed by atoms with van der Waals surface area (Å²) in [5.41, 5.74) is 2.14. The minimum atomic E-state index is 0. The number of hydrogen-bond donors (Lipinski definition) is 1. The van der Waals surface area contributed by atoms with Crippen LogP contribution in [0.25, 0.3) is 32.6 Å². The molecule has 0 fully saturated rings. The predicted octanol–water partition coefficient (Wildman–Crippen LogP) is 3.87. The molecule has 3 aromatic carbocycles. The first kappa shape index (κ1) is 11.4. The molecule has 0 spiro atoms. The summed E-state index contributed by atoms with van der Waals surface area (Å²) in [6, 6.07) is 17.0. The molecule has 0 aliphatic carbocycles. The average molecular weight is 413 g/mol. The van der Waals surface area contributed by atoms with Crippen LogP contribution in [0.3, 0.4) is 0 Å². The zero-order chi connectivity index (χ0) is 11.2. The molecule has 1 N–H and O–H groups in total. The first-order chi connectivity index (χ1) is 8.43. The van der Waals surface area contributed by atoms with Crippen LogP contribution in [0.4, 0.5) is 0 Å². The molecule has 0 atom stereocenters. The summed E-state index contributed by atoms with van der Waals surface area (Å²) in [5.74, 6) is 0. The van der Waals surface area contributed by atoms with Crippen molar-refractivity contribution in [3.8, 4) is 0 Å². The third-order valence-corrected chi connectivity index (χ3v) is 3.31. The van der Waals surface area contributed by atoms with Gasteiger partial charge in [0.05, 0.1) is 17.4 Å². The van der Waals surface area contributed by atoms with E-state index in [2.05, 4.69) is 58.5 Å². The summed E-state index contributed by atoms with van der Waals surface area (Å²) in [6.45, 7) is 0. The van der Waals surface area contributed by atoms with Crippen LogP contribution in [0.15, 0.2) is 54.9 Å². The molecule has 18 heavy (non-hydrogen) atoms. The number of aromatic nitrogens is 2. The molecule has 0 unspecified atom stereocenters. The smallest absolute Gasteiger partial charge is 0.0961 e. The van der Waals surface area contributed by atoms with Crippen molar-refractivity contribution in [1.82, 2.24) is 9.97 Å². The van der Waals surface area contributed by atoms with Crippen molar-refractivity contribution in [2.75, 3.05) is 0 Å². The van der Waals surface area contributed by atoms with E-state index in [0.29, 0.717) is 0 Å². The zero-order valence-electron chi connectivity index (χ0n) is 9.46. The van der Waals surface area contributed by atoms with Gasteiger partial charge in [-0.3, -0.25) is 0 Å². The molecular weight excluding hydrogens is 403 g/mol. The standard InChI is InChI=1S/C15H10N2.Pt/c1-2-4-11-10(3-1)5-6-13-12(11)7-8-14-15(13)17-9-16-14;/h1-9H,(H,16,17);. The molecule has 3 heteroatoms. The third kappa shape index (κ3) is 1.49. The number of rotatable bonds is 0. The zero-order valence-corrected chi connectivity index (χ0v) is 11.7. The summed E-state index contributed by atoms with van der Waals surface area (Å²) in [5, 5.41) is 5.04. The van der Waals surface area contributed by atoms with Gasteiger partial charge >= 0.3 is 0 Å². The number of hydrogen-bond acceptors (Lipinski definition) is 1. The molecule has 0 bridgehead atoms. The minimum Gasteiger partial charge on any atom is -0.345 e. The Labute approximate surface area is 118 Å². The van der Waals surface area contributed by atoms with Crippen LogP contribution in [0.1, 0.15) is 0 Å². The fraction of sp³-hybridized carbons (Fsp3) is 0. The van der Waals surface area contributed by atoms with Gasteiger partial charge in [-0.1, -0.05) is 42.5 Å². The Morgan fingerprint density at radius 1 is 0.778 bits per heavy atom. The van der Waals surface area contributed by atoms with Crippen LogP contribution in [0.5, 0.6) is 0 Å². The van der Waals surface area contributed by atoms with E-state index in [4.69, 9.17) is 0 Å². The van der Waals surface area contributed by atoms with E-state index in [9.17, 15) is 0 Å². The number of nitrogens with one attached hydrogen (secondary N) is 1. The van der Waals surface area contributed by atoms with E-state index in [0.717, 1.165) is 11.0 Å². The molecule has 0 aliphatic rings. The van der Waals surface area contributed by atoms with Crippen molar-refractivity contribution in [1.29, 1.82) is 0 Å². The second-order valence-corrected chi connectivity index (χ2v) is 4.25.